The predicted molar refractivity (Wildman–Crippen MR) is 382 cm³/mol. The molecule has 0 aliphatic carbocycles. The average Bonchev–Trinajstić information content (AvgIpc) is 1.10. The predicted octanol–water partition coefficient (Wildman–Crippen LogP) is 17.2. The van der Waals surface area contributed by atoms with Gasteiger partial charge in [0, 0.05) is 44.6 Å². The Morgan fingerprint density at radius 2 is 0.862 bits per heavy atom. The molecule has 4 aliphatic heterocycles. The molecule has 4 bridgehead atoms. The van der Waals surface area contributed by atoms with E-state index in [0.29, 0.717) is 59.9 Å². The number of halogens is 4. The molecule has 8 aromatic rings. The van der Waals surface area contributed by atoms with Gasteiger partial charge in [-0.15, -0.1) is 0 Å². The Morgan fingerprint density at radius 1 is 0.500 bits per heavy atom. The number of piperidine rings is 2. The molecule has 15 heteroatoms. The number of rotatable bonds is 18. The minimum atomic E-state index is -1.08. The van der Waals surface area contributed by atoms with Crippen LogP contribution in [0.4, 0.5) is 0 Å². The minimum absolute atomic E-state index is 0. The number of carbonyl (C=O) groups excluding carboxylic acids is 3. The Bertz CT molecular complexity index is 3520. The third-order valence-electron chi connectivity index (χ3n) is 18.2. The largest absolute Gasteiger partial charge is 0.481 e. The van der Waals surface area contributed by atoms with E-state index in [2.05, 4.69) is 44.6 Å². The van der Waals surface area contributed by atoms with E-state index in [9.17, 15) is 29.4 Å². The maximum absolute atomic E-state index is 13.5. The molecule has 4 aliphatic rings. The van der Waals surface area contributed by atoms with Gasteiger partial charge in [-0.25, -0.2) is 0 Å². The standard InChI is InChI=1S/C24H29NO3.C23H26ClNO2.C15H13ClO2.C9H10O2.C7H6BrCl.CH4/c1-25-20-12-13-21(25)15-22(14-20)28-23(27)24(17-26,19-10-6-3-7-11-19)16-18-8-4-2-5-9-18;1-25-19-11-12-20(25)15-21(14-19)27-23(26)22(17-5-3-2-4-6-17)13-16-7-9-18(24)10-8-16;16-13-8-6-11(7-9-13)10-14(15(17)18)12-4-2-1-3-5-12;1-11-9(10)7-8-5-3-2-4-6-8;8-5-6-1-3-7(9)4-2-6;/h2-11,20-22,26H,12-17H2,1H3;2-10,19-22H,11-15H2,1H3;1-9,14H,10H2,(H,17,18);2-6H,7H2,1H3;1-4H,5H2;1H4. The molecule has 12 rings (SSSR count). The molecule has 0 radical (unpaired) electrons. The van der Waals surface area contributed by atoms with Crippen LogP contribution in [0.2, 0.25) is 15.1 Å². The second-order valence-corrected chi connectivity index (χ2v) is 26.2. The molecule has 4 heterocycles. The summed E-state index contributed by atoms with van der Waals surface area (Å²) in [4.78, 5) is 53.6. The van der Waals surface area contributed by atoms with Crippen LogP contribution in [-0.2, 0) is 69.8 Å². The van der Waals surface area contributed by atoms with Crippen molar-refractivity contribution in [3.63, 3.8) is 0 Å². The van der Waals surface area contributed by atoms with E-state index in [0.717, 1.165) is 75.0 Å². The van der Waals surface area contributed by atoms with Crippen molar-refractivity contribution in [2.75, 3.05) is 27.8 Å². The minimum Gasteiger partial charge on any atom is -0.481 e. The topological polar surface area (TPSA) is 143 Å². The number of aliphatic hydroxyl groups is 1. The van der Waals surface area contributed by atoms with Crippen molar-refractivity contribution in [2.45, 2.75) is 143 Å². The highest BCUT2D eigenvalue weighted by Gasteiger charge is 2.46. The number of esters is 3. The number of carbonyl (C=O) groups is 4. The van der Waals surface area contributed by atoms with Crippen LogP contribution in [0.1, 0.15) is 115 Å². The molecule has 94 heavy (non-hydrogen) atoms. The molecular formula is C79H88BrCl3N2O9. The first-order valence-corrected chi connectivity index (χ1v) is 34.1. The molecule has 4 saturated heterocycles. The monoisotopic (exact) mass is 1390 g/mol. The smallest absolute Gasteiger partial charge is 0.319 e. The van der Waals surface area contributed by atoms with Gasteiger partial charge in [0.2, 0.25) is 0 Å². The number of methoxy groups -OCH3 is 1. The molecule has 11 nitrogen and oxygen atoms in total. The van der Waals surface area contributed by atoms with Crippen molar-refractivity contribution in [1.29, 1.82) is 0 Å². The molecule has 8 aromatic carbocycles. The van der Waals surface area contributed by atoms with Gasteiger partial charge in [-0.1, -0.05) is 246 Å². The van der Waals surface area contributed by atoms with Gasteiger partial charge in [-0.2, -0.15) is 0 Å². The zero-order chi connectivity index (χ0) is 66.1. The summed E-state index contributed by atoms with van der Waals surface area (Å²) in [5.41, 5.74) is 6.87. The van der Waals surface area contributed by atoms with Crippen molar-refractivity contribution < 1.29 is 43.6 Å². The van der Waals surface area contributed by atoms with Gasteiger partial charge in [0.25, 0.3) is 0 Å². The van der Waals surface area contributed by atoms with Crippen LogP contribution in [0.15, 0.2) is 224 Å². The fourth-order valence-electron chi connectivity index (χ4n) is 12.8. The van der Waals surface area contributed by atoms with Gasteiger partial charge in [0.15, 0.2) is 0 Å². The number of benzene rings is 8. The number of hydrogen-bond acceptors (Lipinski definition) is 10. The molecule has 4 fully saturated rings. The van der Waals surface area contributed by atoms with E-state index in [1.807, 2.05) is 212 Å². The summed E-state index contributed by atoms with van der Waals surface area (Å²) in [5, 5.41) is 22.8. The molecule has 0 saturated carbocycles. The van der Waals surface area contributed by atoms with Gasteiger partial charge in [0.1, 0.15) is 17.6 Å². The van der Waals surface area contributed by atoms with E-state index in [1.165, 1.54) is 38.4 Å². The third kappa shape index (κ3) is 22.0. The third-order valence-corrected chi connectivity index (χ3v) is 19.6. The number of ether oxygens (including phenoxy) is 3. The molecule has 0 aromatic heterocycles. The molecule has 7 atom stereocenters. The molecular weight excluding hydrogens is 1310 g/mol. The van der Waals surface area contributed by atoms with E-state index >= 15 is 0 Å². The SMILES string of the molecule is C.CN1C2CCC1CC(OC(=O)C(CO)(Cc1ccccc1)c1ccccc1)C2.CN1C2CCC1CC(OC(=O)C(Cc1ccc(Cl)cc1)c1ccccc1)C2.COC(=O)Cc1ccccc1.Clc1ccc(CBr)cc1.O=C(O)C(Cc1ccc(Cl)cc1)c1ccccc1. The van der Waals surface area contributed by atoms with Crippen LogP contribution in [0.5, 0.6) is 0 Å². The maximum atomic E-state index is 13.5. The summed E-state index contributed by atoms with van der Waals surface area (Å²) < 4.78 is 16.6. The number of nitrogens with zero attached hydrogens (tertiary/aromatic N) is 2. The van der Waals surface area contributed by atoms with Crippen LogP contribution < -0.4 is 0 Å². The van der Waals surface area contributed by atoms with Crippen molar-refractivity contribution >= 4 is 74.6 Å². The lowest BCUT2D eigenvalue weighted by Crippen LogP contribution is -2.48. The summed E-state index contributed by atoms with van der Waals surface area (Å²) >= 11 is 20.8. The highest BCUT2D eigenvalue weighted by molar-refractivity contribution is 9.08. The van der Waals surface area contributed by atoms with Crippen molar-refractivity contribution in [3.8, 4) is 0 Å². The average molecular weight is 1400 g/mol. The number of aliphatic carboxylic acids is 1. The maximum Gasteiger partial charge on any atom is 0.319 e. The Morgan fingerprint density at radius 3 is 1.26 bits per heavy atom. The van der Waals surface area contributed by atoms with E-state index < -0.39 is 17.3 Å². The van der Waals surface area contributed by atoms with Gasteiger partial charge < -0.3 is 34.2 Å². The first-order chi connectivity index (χ1) is 45.0. The van der Waals surface area contributed by atoms with Crippen molar-refractivity contribution in [3.05, 3.63) is 284 Å². The van der Waals surface area contributed by atoms with Crippen molar-refractivity contribution in [2.24, 2.45) is 0 Å². The Labute approximate surface area is 579 Å². The second-order valence-electron chi connectivity index (χ2n) is 24.3. The van der Waals surface area contributed by atoms with Crippen LogP contribution in [-0.4, -0.2) is 108 Å². The molecule has 0 amide bonds. The fraction of sp³-hybridized carbons (Fsp3) is 0.342. The number of alkyl halides is 1. The second kappa shape index (κ2) is 37.8. The number of fused-ring (bicyclic) bond motifs is 4. The zero-order valence-corrected chi connectivity index (χ0v) is 56.9. The lowest BCUT2D eigenvalue weighted by Gasteiger charge is -2.38. The van der Waals surface area contributed by atoms with E-state index in [4.69, 9.17) is 44.3 Å². The summed E-state index contributed by atoms with van der Waals surface area (Å²) in [7, 11) is 5.77. The Hall–Kier alpha value is -7.13. The molecule has 2 N–H and O–H groups in total. The van der Waals surface area contributed by atoms with Gasteiger partial charge in [-0.05, 0) is 166 Å². The Balaban J connectivity index is 0.000000176. The summed E-state index contributed by atoms with van der Waals surface area (Å²) in [6.45, 7) is -0.274. The number of carboxylic acid groups (broad SMARTS) is 1. The van der Waals surface area contributed by atoms with Crippen LogP contribution in [0.3, 0.4) is 0 Å². The highest BCUT2D eigenvalue weighted by atomic mass is 79.9. The van der Waals surface area contributed by atoms with Gasteiger partial charge in [-0.3, -0.25) is 19.2 Å². The van der Waals surface area contributed by atoms with Crippen LogP contribution in [0.25, 0.3) is 0 Å². The number of hydrogen-bond donors (Lipinski definition) is 2. The normalized spacial score (nSPS) is 19.7. The van der Waals surface area contributed by atoms with Gasteiger partial charge in [0.05, 0.1) is 32.0 Å². The van der Waals surface area contributed by atoms with E-state index in [-0.39, 0.29) is 50.1 Å². The zero-order valence-electron chi connectivity index (χ0n) is 53.0. The quantitative estimate of drug-likeness (QED) is 0.0481. The number of carboxylic acids is 1. The Kier molecular flexibility index (Phi) is 29.9. The first kappa shape index (κ1) is 74.3. The van der Waals surface area contributed by atoms with Gasteiger partial charge >= 0.3 is 23.9 Å². The van der Waals surface area contributed by atoms with Crippen molar-refractivity contribution in [1.82, 2.24) is 9.80 Å². The van der Waals surface area contributed by atoms with Crippen LogP contribution >= 0.6 is 50.7 Å². The summed E-state index contributed by atoms with van der Waals surface area (Å²) in [5.74, 6) is -2.23. The first-order valence-electron chi connectivity index (χ1n) is 31.8. The molecule has 7 unspecified atom stereocenters. The van der Waals surface area contributed by atoms with Crippen LogP contribution in [0, 0.1) is 0 Å². The molecule has 496 valence electrons. The lowest BCUT2D eigenvalue weighted by molar-refractivity contribution is -0.161. The summed E-state index contributed by atoms with van der Waals surface area (Å²) in [6, 6.07) is 73.1. The van der Waals surface area contributed by atoms with E-state index in [1.54, 1.807) is 12.1 Å². The number of aliphatic hydroxyl groups excluding tert-OH is 1. The highest BCUT2D eigenvalue weighted by Crippen LogP contribution is 2.39. The fourth-order valence-corrected chi connectivity index (χ4v) is 13.6. The summed E-state index contributed by atoms with van der Waals surface area (Å²) in [6.07, 6.45) is 10.4. The lowest BCUT2D eigenvalue weighted by atomic mass is 9.76. The molecule has 0 spiro atoms.